The van der Waals surface area contributed by atoms with Gasteiger partial charge in [-0.15, -0.1) is 0 Å². The first-order chi connectivity index (χ1) is 13.2. The Labute approximate surface area is 161 Å². The summed E-state index contributed by atoms with van der Waals surface area (Å²) < 4.78 is 10.3. The van der Waals surface area contributed by atoms with E-state index in [1.165, 1.54) is 6.39 Å². The number of carbonyl (C=O) groups is 1. The van der Waals surface area contributed by atoms with E-state index in [1.807, 2.05) is 18.2 Å². The van der Waals surface area contributed by atoms with Crippen LogP contribution in [0.25, 0.3) is 0 Å². The SMILES string of the molecule is COc1ccc(Cl)cc1C(=O)N1C[C@H](c2ccccc2)[C@@H](c2ncon2)C1. The van der Waals surface area contributed by atoms with Crippen LogP contribution in [-0.2, 0) is 0 Å². The molecule has 1 saturated heterocycles. The van der Waals surface area contributed by atoms with Crippen LogP contribution in [0.3, 0.4) is 0 Å². The zero-order valence-electron chi connectivity index (χ0n) is 14.7. The molecule has 0 N–H and O–H groups in total. The zero-order valence-corrected chi connectivity index (χ0v) is 15.5. The average Bonchev–Trinajstić information content (AvgIpc) is 3.37. The topological polar surface area (TPSA) is 68.5 Å². The van der Waals surface area contributed by atoms with Gasteiger partial charge in [0.1, 0.15) is 5.75 Å². The molecule has 1 aliphatic rings. The molecule has 3 aromatic rings. The Bertz CT molecular complexity index is 931. The predicted molar refractivity (Wildman–Crippen MR) is 100 cm³/mol. The molecule has 0 saturated carbocycles. The maximum Gasteiger partial charge on any atom is 0.257 e. The van der Waals surface area contributed by atoms with E-state index < -0.39 is 0 Å². The van der Waals surface area contributed by atoms with E-state index in [4.69, 9.17) is 20.9 Å². The van der Waals surface area contributed by atoms with Crippen LogP contribution in [0.2, 0.25) is 5.02 Å². The minimum Gasteiger partial charge on any atom is -0.496 e. The van der Waals surface area contributed by atoms with Crippen molar-refractivity contribution < 1.29 is 14.1 Å². The Balaban J connectivity index is 1.67. The Morgan fingerprint density at radius 1 is 1.19 bits per heavy atom. The first-order valence-corrected chi connectivity index (χ1v) is 8.99. The molecule has 1 amide bonds. The predicted octanol–water partition coefficient (Wildman–Crippen LogP) is 3.76. The van der Waals surface area contributed by atoms with Crippen molar-refractivity contribution in [3.63, 3.8) is 0 Å². The number of rotatable bonds is 4. The van der Waals surface area contributed by atoms with E-state index in [0.717, 1.165) is 5.56 Å². The third-order valence-corrected chi connectivity index (χ3v) is 5.17. The number of halogens is 1. The highest BCUT2D eigenvalue weighted by Gasteiger charge is 2.40. The average molecular weight is 384 g/mol. The van der Waals surface area contributed by atoms with E-state index >= 15 is 0 Å². The van der Waals surface area contributed by atoms with Crippen molar-refractivity contribution in [1.82, 2.24) is 15.0 Å². The molecule has 1 aliphatic heterocycles. The van der Waals surface area contributed by atoms with Crippen molar-refractivity contribution in [3.05, 3.63) is 76.9 Å². The fourth-order valence-corrected chi connectivity index (χ4v) is 3.80. The van der Waals surface area contributed by atoms with Gasteiger partial charge in [0.05, 0.1) is 12.7 Å². The molecule has 2 heterocycles. The summed E-state index contributed by atoms with van der Waals surface area (Å²) in [6.45, 7) is 1.05. The normalized spacial score (nSPS) is 19.3. The quantitative estimate of drug-likeness (QED) is 0.686. The van der Waals surface area contributed by atoms with Crippen LogP contribution in [0.4, 0.5) is 0 Å². The molecule has 2 aromatic carbocycles. The molecule has 0 bridgehead atoms. The minimum absolute atomic E-state index is 0.0414. The fourth-order valence-electron chi connectivity index (χ4n) is 3.63. The Morgan fingerprint density at radius 3 is 2.67 bits per heavy atom. The molecule has 4 rings (SSSR count). The van der Waals surface area contributed by atoms with Crippen LogP contribution in [0.1, 0.15) is 33.6 Å². The molecule has 0 spiro atoms. The van der Waals surface area contributed by atoms with Crippen LogP contribution in [0.5, 0.6) is 5.75 Å². The number of methoxy groups -OCH3 is 1. The minimum atomic E-state index is -0.124. The number of likely N-dealkylation sites (tertiary alicyclic amines) is 1. The Morgan fingerprint density at radius 2 is 1.96 bits per heavy atom. The molecule has 1 fully saturated rings. The van der Waals surface area contributed by atoms with Crippen molar-refractivity contribution in [2.24, 2.45) is 0 Å². The largest absolute Gasteiger partial charge is 0.496 e. The van der Waals surface area contributed by atoms with Gasteiger partial charge >= 0.3 is 0 Å². The molecular formula is C20H18ClN3O3. The highest BCUT2D eigenvalue weighted by atomic mass is 35.5. The number of aromatic nitrogens is 2. The van der Waals surface area contributed by atoms with Gasteiger partial charge in [-0.05, 0) is 23.8 Å². The summed E-state index contributed by atoms with van der Waals surface area (Å²) >= 11 is 6.10. The Hall–Kier alpha value is -2.86. The smallest absolute Gasteiger partial charge is 0.257 e. The number of nitrogens with zero attached hydrogens (tertiary/aromatic N) is 3. The second-order valence-corrected chi connectivity index (χ2v) is 6.90. The highest BCUT2D eigenvalue weighted by Crippen LogP contribution is 2.39. The number of amides is 1. The van der Waals surface area contributed by atoms with Gasteiger partial charge in [-0.1, -0.05) is 47.1 Å². The van der Waals surface area contributed by atoms with Gasteiger partial charge in [0.25, 0.3) is 5.91 Å². The summed E-state index contributed by atoms with van der Waals surface area (Å²) in [6, 6.07) is 15.1. The monoisotopic (exact) mass is 383 g/mol. The number of benzene rings is 2. The van der Waals surface area contributed by atoms with Gasteiger partial charge in [-0.2, -0.15) is 4.98 Å². The Kier molecular flexibility index (Phi) is 4.81. The van der Waals surface area contributed by atoms with Crippen LogP contribution in [0.15, 0.2) is 59.4 Å². The lowest BCUT2D eigenvalue weighted by molar-refractivity contribution is 0.0785. The summed E-state index contributed by atoms with van der Waals surface area (Å²) in [7, 11) is 1.54. The van der Waals surface area contributed by atoms with Crippen molar-refractivity contribution in [1.29, 1.82) is 0 Å². The fraction of sp³-hybridized carbons (Fsp3) is 0.250. The maximum atomic E-state index is 13.2. The third-order valence-electron chi connectivity index (χ3n) is 4.94. The highest BCUT2D eigenvalue weighted by molar-refractivity contribution is 6.31. The van der Waals surface area contributed by atoms with Crippen molar-refractivity contribution in [2.75, 3.05) is 20.2 Å². The van der Waals surface area contributed by atoms with Gasteiger partial charge in [0.2, 0.25) is 6.39 Å². The molecule has 2 atom stereocenters. The first-order valence-electron chi connectivity index (χ1n) is 8.61. The molecule has 1 aromatic heterocycles. The standard InChI is InChI=1S/C20H18ClN3O3/c1-26-18-8-7-14(21)9-15(18)20(25)24-10-16(13-5-3-2-4-6-13)17(11-24)19-22-12-27-23-19/h2-9,12,16-17H,10-11H2,1H3/t16-,17+/m1/s1. The molecule has 7 heteroatoms. The van der Waals surface area contributed by atoms with Crippen molar-refractivity contribution >= 4 is 17.5 Å². The van der Waals surface area contributed by atoms with E-state index in [2.05, 4.69) is 22.3 Å². The van der Waals surface area contributed by atoms with Gasteiger partial charge in [0.15, 0.2) is 5.82 Å². The second kappa shape index (κ2) is 7.40. The van der Waals surface area contributed by atoms with E-state index in [1.54, 1.807) is 30.2 Å². The third kappa shape index (κ3) is 3.40. The van der Waals surface area contributed by atoms with E-state index in [-0.39, 0.29) is 17.7 Å². The lowest BCUT2D eigenvalue weighted by Crippen LogP contribution is -2.29. The van der Waals surface area contributed by atoms with E-state index in [0.29, 0.717) is 35.2 Å². The van der Waals surface area contributed by atoms with Crippen LogP contribution < -0.4 is 4.74 Å². The van der Waals surface area contributed by atoms with Gasteiger partial charge < -0.3 is 14.2 Å². The molecule has 0 unspecified atom stereocenters. The van der Waals surface area contributed by atoms with Gasteiger partial charge in [0, 0.05) is 29.9 Å². The number of carbonyl (C=O) groups excluding carboxylic acids is 1. The molecule has 6 nitrogen and oxygen atoms in total. The van der Waals surface area contributed by atoms with Crippen LogP contribution >= 0.6 is 11.6 Å². The summed E-state index contributed by atoms with van der Waals surface area (Å²) in [5, 5.41) is 4.51. The van der Waals surface area contributed by atoms with Crippen LogP contribution in [0, 0.1) is 0 Å². The number of ether oxygens (including phenoxy) is 1. The van der Waals surface area contributed by atoms with Crippen LogP contribution in [-0.4, -0.2) is 41.1 Å². The molecule has 0 aliphatic carbocycles. The summed E-state index contributed by atoms with van der Waals surface area (Å²) in [5.41, 5.74) is 1.59. The number of hydrogen-bond donors (Lipinski definition) is 0. The van der Waals surface area contributed by atoms with Gasteiger partial charge in [-0.25, -0.2) is 0 Å². The lowest BCUT2D eigenvalue weighted by Gasteiger charge is -2.18. The van der Waals surface area contributed by atoms with E-state index in [9.17, 15) is 4.79 Å². The lowest BCUT2D eigenvalue weighted by atomic mass is 9.88. The molecule has 138 valence electrons. The second-order valence-electron chi connectivity index (χ2n) is 6.47. The van der Waals surface area contributed by atoms with Crippen molar-refractivity contribution in [2.45, 2.75) is 11.8 Å². The summed E-state index contributed by atoms with van der Waals surface area (Å²) in [6.07, 6.45) is 1.32. The first kappa shape index (κ1) is 17.5. The molecule has 27 heavy (non-hydrogen) atoms. The maximum absolute atomic E-state index is 13.2. The van der Waals surface area contributed by atoms with Crippen molar-refractivity contribution in [3.8, 4) is 5.75 Å². The summed E-state index contributed by atoms with van der Waals surface area (Å²) in [5.74, 6) is 1.03. The molecular weight excluding hydrogens is 366 g/mol. The number of hydrogen-bond acceptors (Lipinski definition) is 5. The molecule has 0 radical (unpaired) electrons. The summed E-state index contributed by atoms with van der Waals surface area (Å²) in [4.78, 5) is 19.2. The van der Waals surface area contributed by atoms with Gasteiger partial charge in [-0.3, -0.25) is 4.79 Å². The zero-order chi connectivity index (χ0) is 18.8.